The third-order valence-electron chi connectivity index (χ3n) is 3.98. The molecule has 0 aliphatic carbocycles. The number of nitro benzene ring substituents is 1. The maximum atomic E-state index is 12.5. The van der Waals surface area contributed by atoms with Gasteiger partial charge in [-0.15, -0.1) is 0 Å². The molecule has 1 saturated heterocycles. The van der Waals surface area contributed by atoms with Gasteiger partial charge in [-0.1, -0.05) is 29.8 Å². The number of ether oxygens (including phenoxy) is 2. The Morgan fingerprint density at radius 1 is 1.21 bits per heavy atom. The summed E-state index contributed by atoms with van der Waals surface area (Å²) in [4.78, 5) is 36.5. The number of methoxy groups -OCH3 is 1. The second kappa shape index (κ2) is 8.97. The number of rotatable bonds is 7. The standard InChI is InChI=1S/C19H15ClN2O6S/c1-27-16-7-6-12(10-14(16)22(25)26)11-17-18(23)21(19(24)29-17)8-9-28-15-5-3-2-4-13(15)20/h2-7,10-11H,8-9H2,1H3/b17-11-. The third kappa shape index (κ3) is 4.69. The van der Waals surface area contributed by atoms with Gasteiger partial charge in [-0.05, 0) is 41.6 Å². The molecule has 0 spiro atoms. The Labute approximate surface area is 175 Å². The number of nitro groups is 1. The number of thioether (sulfide) groups is 1. The number of carbonyl (C=O) groups is 2. The van der Waals surface area contributed by atoms with E-state index >= 15 is 0 Å². The molecule has 8 nitrogen and oxygen atoms in total. The monoisotopic (exact) mass is 434 g/mol. The average Bonchev–Trinajstić information content (AvgIpc) is 2.96. The summed E-state index contributed by atoms with van der Waals surface area (Å²) in [5, 5.41) is 11.1. The van der Waals surface area contributed by atoms with E-state index in [1.807, 2.05) is 0 Å². The van der Waals surface area contributed by atoms with Gasteiger partial charge in [-0.3, -0.25) is 24.6 Å². The van der Waals surface area contributed by atoms with Crippen molar-refractivity contribution in [3.05, 3.63) is 68.1 Å². The van der Waals surface area contributed by atoms with Gasteiger partial charge in [-0.2, -0.15) is 0 Å². The van der Waals surface area contributed by atoms with Gasteiger partial charge in [-0.25, -0.2) is 0 Å². The van der Waals surface area contributed by atoms with Gasteiger partial charge >= 0.3 is 5.69 Å². The number of carbonyl (C=O) groups excluding carboxylic acids is 2. The van der Waals surface area contributed by atoms with Gasteiger partial charge < -0.3 is 9.47 Å². The topological polar surface area (TPSA) is 99.0 Å². The first-order valence-corrected chi connectivity index (χ1v) is 9.55. The van der Waals surface area contributed by atoms with Crippen LogP contribution in [0.3, 0.4) is 0 Å². The molecule has 2 aromatic rings. The van der Waals surface area contributed by atoms with E-state index < -0.39 is 16.1 Å². The number of amides is 2. The predicted octanol–water partition coefficient (Wildman–Crippen LogP) is 4.37. The van der Waals surface area contributed by atoms with Crippen LogP contribution in [0.5, 0.6) is 11.5 Å². The highest BCUT2D eigenvalue weighted by Gasteiger charge is 2.35. The highest BCUT2D eigenvalue weighted by Crippen LogP contribution is 2.34. The number of para-hydroxylation sites is 1. The smallest absolute Gasteiger partial charge is 0.311 e. The fourth-order valence-electron chi connectivity index (χ4n) is 2.59. The van der Waals surface area contributed by atoms with E-state index in [1.165, 1.54) is 25.3 Å². The van der Waals surface area contributed by atoms with Crippen LogP contribution < -0.4 is 9.47 Å². The lowest BCUT2D eigenvalue weighted by molar-refractivity contribution is -0.385. The Kier molecular flexibility index (Phi) is 6.40. The maximum Gasteiger partial charge on any atom is 0.311 e. The van der Waals surface area contributed by atoms with Crippen molar-refractivity contribution < 1.29 is 24.0 Å². The fraction of sp³-hybridized carbons (Fsp3) is 0.158. The largest absolute Gasteiger partial charge is 0.490 e. The molecular formula is C19H15ClN2O6S. The van der Waals surface area contributed by atoms with Crippen molar-refractivity contribution in [2.75, 3.05) is 20.3 Å². The summed E-state index contributed by atoms with van der Waals surface area (Å²) in [5.41, 5.74) is 0.184. The quantitative estimate of drug-likeness (QED) is 0.362. The van der Waals surface area contributed by atoms with E-state index in [9.17, 15) is 19.7 Å². The summed E-state index contributed by atoms with van der Waals surface area (Å²) in [6, 6.07) is 11.2. The van der Waals surface area contributed by atoms with E-state index in [2.05, 4.69) is 0 Å². The zero-order valence-electron chi connectivity index (χ0n) is 15.2. The maximum absolute atomic E-state index is 12.5. The molecule has 1 heterocycles. The third-order valence-corrected chi connectivity index (χ3v) is 5.20. The number of nitrogens with zero attached hydrogens (tertiary/aromatic N) is 2. The molecule has 0 atom stereocenters. The Morgan fingerprint density at radius 3 is 2.66 bits per heavy atom. The number of hydrogen-bond acceptors (Lipinski definition) is 7. The van der Waals surface area contributed by atoms with Crippen LogP contribution in [0, 0.1) is 10.1 Å². The first kappa shape index (κ1) is 20.7. The normalized spacial score (nSPS) is 15.1. The van der Waals surface area contributed by atoms with Crippen molar-refractivity contribution in [3.63, 3.8) is 0 Å². The zero-order valence-corrected chi connectivity index (χ0v) is 16.7. The van der Waals surface area contributed by atoms with E-state index in [0.717, 1.165) is 16.7 Å². The predicted molar refractivity (Wildman–Crippen MR) is 109 cm³/mol. The lowest BCUT2D eigenvalue weighted by Crippen LogP contribution is -2.32. The Balaban J connectivity index is 1.70. The van der Waals surface area contributed by atoms with E-state index in [4.69, 9.17) is 21.1 Å². The minimum atomic E-state index is -0.575. The highest BCUT2D eigenvalue weighted by atomic mass is 35.5. The Morgan fingerprint density at radius 2 is 1.97 bits per heavy atom. The molecule has 1 fully saturated rings. The summed E-state index contributed by atoms with van der Waals surface area (Å²) in [6.07, 6.45) is 1.44. The van der Waals surface area contributed by atoms with Crippen LogP contribution >= 0.6 is 23.4 Å². The fourth-order valence-corrected chi connectivity index (χ4v) is 3.65. The van der Waals surface area contributed by atoms with Crippen molar-refractivity contribution >= 4 is 46.3 Å². The molecule has 29 heavy (non-hydrogen) atoms. The SMILES string of the molecule is COc1ccc(/C=C2\SC(=O)N(CCOc3ccccc3Cl)C2=O)cc1[N+](=O)[O-]. The molecular weight excluding hydrogens is 420 g/mol. The van der Waals surface area contributed by atoms with E-state index in [0.29, 0.717) is 16.3 Å². The van der Waals surface area contributed by atoms with E-state index in [1.54, 1.807) is 30.3 Å². The second-order valence-electron chi connectivity index (χ2n) is 5.80. The van der Waals surface area contributed by atoms with Gasteiger partial charge in [0.05, 0.1) is 28.5 Å². The van der Waals surface area contributed by atoms with Gasteiger partial charge in [0, 0.05) is 6.07 Å². The van der Waals surface area contributed by atoms with Gasteiger partial charge in [0.2, 0.25) is 0 Å². The molecule has 0 unspecified atom stereocenters. The summed E-state index contributed by atoms with van der Waals surface area (Å²) >= 11 is 6.77. The molecule has 2 aromatic carbocycles. The lowest BCUT2D eigenvalue weighted by atomic mass is 10.1. The van der Waals surface area contributed by atoms with Crippen LogP contribution in [0.4, 0.5) is 10.5 Å². The summed E-state index contributed by atoms with van der Waals surface area (Å²) in [5.74, 6) is 0.0837. The lowest BCUT2D eigenvalue weighted by Gasteiger charge is -2.13. The van der Waals surface area contributed by atoms with Gasteiger partial charge in [0.25, 0.3) is 11.1 Å². The van der Waals surface area contributed by atoms with Crippen molar-refractivity contribution in [1.82, 2.24) is 4.90 Å². The second-order valence-corrected chi connectivity index (χ2v) is 7.20. The van der Waals surface area contributed by atoms with Crippen LogP contribution in [0.25, 0.3) is 6.08 Å². The first-order chi connectivity index (χ1) is 13.9. The molecule has 0 saturated carbocycles. The molecule has 0 N–H and O–H groups in total. The summed E-state index contributed by atoms with van der Waals surface area (Å²) in [6.45, 7) is 0.138. The minimum absolute atomic E-state index is 0.0516. The van der Waals surface area contributed by atoms with E-state index in [-0.39, 0.29) is 29.5 Å². The molecule has 0 bridgehead atoms. The van der Waals surface area contributed by atoms with Crippen molar-refractivity contribution in [2.45, 2.75) is 0 Å². The van der Waals surface area contributed by atoms with Gasteiger partial charge in [0.15, 0.2) is 5.75 Å². The summed E-state index contributed by atoms with van der Waals surface area (Å²) < 4.78 is 10.5. The van der Waals surface area contributed by atoms with Crippen molar-refractivity contribution in [1.29, 1.82) is 0 Å². The zero-order chi connectivity index (χ0) is 21.0. The molecule has 150 valence electrons. The molecule has 0 aromatic heterocycles. The molecule has 1 aliphatic heterocycles. The number of imide groups is 1. The summed E-state index contributed by atoms with van der Waals surface area (Å²) in [7, 11) is 1.33. The molecule has 0 radical (unpaired) electrons. The molecule has 10 heteroatoms. The number of halogens is 1. The highest BCUT2D eigenvalue weighted by molar-refractivity contribution is 8.18. The van der Waals surface area contributed by atoms with Gasteiger partial charge in [0.1, 0.15) is 12.4 Å². The first-order valence-electron chi connectivity index (χ1n) is 8.36. The van der Waals surface area contributed by atoms with Crippen molar-refractivity contribution in [2.24, 2.45) is 0 Å². The Bertz CT molecular complexity index is 1010. The van der Waals surface area contributed by atoms with Crippen LogP contribution in [-0.2, 0) is 4.79 Å². The molecule has 3 rings (SSSR count). The van der Waals surface area contributed by atoms with Crippen molar-refractivity contribution in [3.8, 4) is 11.5 Å². The van der Waals surface area contributed by atoms with Crippen LogP contribution in [0.15, 0.2) is 47.4 Å². The van der Waals surface area contributed by atoms with Crippen LogP contribution in [0.2, 0.25) is 5.02 Å². The molecule has 2 amide bonds. The van der Waals surface area contributed by atoms with Crippen LogP contribution in [-0.4, -0.2) is 41.2 Å². The number of benzene rings is 2. The van der Waals surface area contributed by atoms with Crippen LogP contribution in [0.1, 0.15) is 5.56 Å². The number of hydrogen-bond donors (Lipinski definition) is 0. The Hall–Kier alpha value is -3.04. The minimum Gasteiger partial charge on any atom is -0.490 e. The average molecular weight is 435 g/mol. The molecule has 1 aliphatic rings.